The minimum absolute atomic E-state index is 0.0652. The normalized spacial score (nSPS) is 18.6. The molecule has 1 fully saturated rings. The van der Waals surface area contributed by atoms with Gasteiger partial charge >= 0.3 is 0 Å². The van der Waals surface area contributed by atoms with Crippen molar-refractivity contribution in [2.45, 2.75) is 22.1 Å². The maximum Gasteiger partial charge on any atom is 0.206 e. The largest absolute Gasteiger partial charge is 0.508 e. The zero-order chi connectivity index (χ0) is 18.0. The van der Waals surface area contributed by atoms with Gasteiger partial charge in [-0.05, 0) is 48.9 Å². The first-order chi connectivity index (χ1) is 11.9. The number of β-amino-alcohol motifs (C(OH)–C–C–N with tert-alkyl or cyclic N) is 1. The van der Waals surface area contributed by atoms with Crippen LogP contribution in [0.2, 0.25) is 0 Å². The van der Waals surface area contributed by atoms with Crippen LogP contribution in [0, 0.1) is 5.82 Å². The lowest BCUT2D eigenvalue weighted by Crippen LogP contribution is -2.23. The van der Waals surface area contributed by atoms with Gasteiger partial charge in [-0.15, -0.1) is 0 Å². The molecule has 0 bridgehead atoms. The highest BCUT2D eigenvalue weighted by Crippen LogP contribution is 2.35. The van der Waals surface area contributed by atoms with E-state index in [0.717, 1.165) is 19.0 Å². The number of halogens is 1. The molecule has 2 N–H and O–H groups in total. The zero-order valence-corrected chi connectivity index (χ0v) is 14.4. The number of phenols is 1. The van der Waals surface area contributed by atoms with Gasteiger partial charge in [0.05, 0.1) is 16.4 Å². The molecular formula is C18H20FNO4S. The van der Waals surface area contributed by atoms with Gasteiger partial charge in [0, 0.05) is 19.0 Å². The van der Waals surface area contributed by atoms with Crippen molar-refractivity contribution in [2.75, 3.05) is 26.2 Å². The number of phenolic OH excluding ortho intramolecular Hbond substituents is 1. The molecule has 2 aromatic carbocycles. The van der Waals surface area contributed by atoms with Gasteiger partial charge in [-0.3, -0.25) is 0 Å². The third kappa shape index (κ3) is 3.68. The Balaban J connectivity index is 1.87. The van der Waals surface area contributed by atoms with Gasteiger partial charge in [0.15, 0.2) is 0 Å². The molecule has 1 aliphatic rings. The summed E-state index contributed by atoms with van der Waals surface area (Å²) in [6.07, 6.45) is 0.837. The van der Waals surface area contributed by atoms with Gasteiger partial charge in [0.2, 0.25) is 9.84 Å². The molecule has 0 amide bonds. The van der Waals surface area contributed by atoms with Crippen LogP contribution in [-0.2, 0) is 9.84 Å². The fourth-order valence-corrected chi connectivity index (χ4v) is 4.55. The highest BCUT2D eigenvalue weighted by molar-refractivity contribution is 7.91. The maximum absolute atomic E-state index is 13.3. The number of benzene rings is 2. The molecule has 134 valence electrons. The topological polar surface area (TPSA) is 77.8 Å². The molecule has 0 spiro atoms. The van der Waals surface area contributed by atoms with Crippen molar-refractivity contribution >= 4 is 9.84 Å². The summed E-state index contributed by atoms with van der Waals surface area (Å²) in [7, 11) is -3.89. The van der Waals surface area contributed by atoms with E-state index in [2.05, 4.69) is 4.90 Å². The van der Waals surface area contributed by atoms with Crippen molar-refractivity contribution in [1.82, 2.24) is 4.90 Å². The van der Waals surface area contributed by atoms with Crippen LogP contribution in [0.1, 0.15) is 17.9 Å². The lowest BCUT2D eigenvalue weighted by atomic mass is 9.97. The van der Waals surface area contributed by atoms with Gasteiger partial charge in [-0.1, -0.05) is 12.1 Å². The SMILES string of the molecule is O=S(=O)(c1cccc(F)c1)c1ccc(C2CCN(CCO)C2)c(O)c1. The summed E-state index contributed by atoms with van der Waals surface area (Å²) in [4.78, 5) is 1.89. The van der Waals surface area contributed by atoms with Crippen LogP contribution in [0.4, 0.5) is 4.39 Å². The number of aromatic hydroxyl groups is 1. The number of aliphatic hydroxyl groups is 1. The van der Waals surface area contributed by atoms with Gasteiger partial charge in [-0.25, -0.2) is 12.8 Å². The molecule has 0 aliphatic carbocycles. The Hall–Kier alpha value is -1.96. The lowest BCUT2D eigenvalue weighted by Gasteiger charge is -2.16. The van der Waals surface area contributed by atoms with Crippen LogP contribution in [0.15, 0.2) is 52.3 Å². The minimum Gasteiger partial charge on any atom is -0.508 e. The van der Waals surface area contributed by atoms with E-state index in [1.165, 1.54) is 30.3 Å². The Morgan fingerprint density at radius 1 is 1.16 bits per heavy atom. The van der Waals surface area contributed by atoms with Crippen LogP contribution in [0.3, 0.4) is 0 Å². The van der Waals surface area contributed by atoms with Crippen LogP contribution in [0.5, 0.6) is 5.75 Å². The van der Waals surface area contributed by atoms with Gasteiger partial charge in [-0.2, -0.15) is 0 Å². The number of nitrogens with zero attached hydrogens (tertiary/aromatic N) is 1. The molecular weight excluding hydrogens is 345 g/mol. The Labute approximate surface area is 146 Å². The van der Waals surface area contributed by atoms with Crippen molar-refractivity contribution in [3.8, 4) is 5.75 Å². The molecule has 0 aromatic heterocycles. The van der Waals surface area contributed by atoms with Gasteiger partial charge < -0.3 is 15.1 Å². The van der Waals surface area contributed by atoms with Crippen LogP contribution in [0.25, 0.3) is 0 Å². The first-order valence-electron chi connectivity index (χ1n) is 8.08. The lowest BCUT2D eigenvalue weighted by molar-refractivity contribution is 0.220. The summed E-state index contributed by atoms with van der Waals surface area (Å²) < 4.78 is 38.5. The molecule has 1 unspecified atom stereocenters. The predicted octanol–water partition coefficient (Wildman–Crippen LogP) is 2.15. The molecule has 7 heteroatoms. The van der Waals surface area contributed by atoms with Gasteiger partial charge in [0.1, 0.15) is 11.6 Å². The van der Waals surface area contributed by atoms with E-state index in [-0.39, 0.29) is 28.1 Å². The number of sulfone groups is 1. The smallest absolute Gasteiger partial charge is 0.206 e. The molecule has 1 heterocycles. The second-order valence-corrected chi connectivity index (χ2v) is 8.14. The Kier molecular flexibility index (Phi) is 5.08. The monoisotopic (exact) mass is 365 g/mol. The average molecular weight is 365 g/mol. The molecule has 3 rings (SSSR count). The molecule has 2 aromatic rings. The zero-order valence-electron chi connectivity index (χ0n) is 13.6. The highest BCUT2D eigenvalue weighted by atomic mass is 32.2. The van der Waals surface area contributed by atoms with Crippen molar-refractivity contribution in [2.24, 2.45) is 0 Å². The van der Waals surface area contributed by atoms with E-state index in [4.69, 9.17) is 5.11 Å². The van der Waals surface area contributed by atoms with Gasteiger partial charge in [0.25, 0.3) is 0 Å². The number of rotatable bonds is 5. The Bertz CT molecular complexity index is 869. The predicted molar refractivity (Wildman–Crippen MR) is 90.8 cm³/mol. The molecule has 5 nitrogen and oxygen atoms in total. The van der Waals surface area contributed by atoms with Crippen molar-refractivity contribution in [1.29, 1.82) is 0 Å². The first-order valence-corrected chi connectivity index (χ1v) is 9.57. The van der Waals surface area contributed by atoms with E-state index in [1.807, 2.05) is 0 Å². The summed E-state index contributed by atoms with van der Waals surface area (Å²) in [5.41, 5.74) is 0.693. The molecule has 1 atom stereocenters. The molecule has 1 saturated heterocycles. The summed E-state index contributed by atoms with van der Waals surface area (Å²) in [5, 5.41) is 19.3. The number of hydrogen-bond donors (Lipinski definition) is 2. The standard InChI is InChI=1S/C18H20FNO4S/c19-14-2-1-3-15(10-14)25(23,24)16-4-5-17(18(22)11-16)13-6-7-20(12-13)8-9-21/h1-5,10-11,13,21-22H,6-9,12H2. The van der Waals surface area contributed by atoms with E-state index in [0.29, 0.717) is 18.7 Å². The highest BCUT2D eigenvalue weighted by Gasteiger charge is 2.27. The number of hydrogen-bond acceptors (Lipinski definition) is 5. The quantitative estimate of drug-likeness (QED) is 0.849. The van der Waals surface area contributed by atoms with E-state index in [9.17, 15) is 17.9 Å². The van der Waals surface area contributed by atoms with E-state index < -0.39 is 15.7 Å². The first kappa shape index (κ1) is 17.8. The maximum atomic E-state index is 13.3. The number of likely N-dealkylation sites (tertiary alicyclic amines) is 1. The van der Waals surface area contributed by atoms with Crippen LogP contribution < -0.4 is 0 Å². The molecule has 0 saturated carbocycles. The minimum atomic E-state index is -3.89. The average Bonchev–Trinajstić information content (AvgIpc) is 3.03. The summed E-state index contributed by atoms with van der Waals surface area (Å²) >= 11 is 0. The molecule has 25 heavy (non-hydrogen) atoms. The number of aliphatic hydroxyl groups excluding tert-OH is 1. The fraction of sp³-hybridized carbons (Fsp3) is 0.333. The van der Waals surface area contributed by atoms with E-state index >= 15 is 0 Å². The second-order valence-electron chi connectivity index (χ2n) is 6.19. The summed E-state index contributed by atoms with van der Waals surface area (Å²) in [6.45, 7) is 2.21. The van der Waals surface area contributed by atoms with Crippen LogP contribution >= 0.6 is 0 Å². The van der Waals surface area contributed by atoms with Crippen molar-refractivity contribution in [3.63, 3.8) is 0 Å². The fourth-order valence-electron chi connectivity index (χ4n) is 3.24. The third-order valence-corrected chi connectivity index (χ3v) is 6.30. The van der Waals surface area contributed by atoms with Crippen molar-refractivity contribution in [3.05, 3.63) is 53.8 Å². The second kappa shape index (κ2) is 7.11. The van der Waals surface area contributed by atoms with E-state index in [1.54, 1.807) is 6.07 Å². The molecule has 1 aliphatic heterocycles. The Morgan fingerprint density at radius 2 is 1.92 bits per heavy atom. The Morgan fingerprint density at radius 3 is 2.60 bits per heavy atom. The molecule has 0 radical (unpaired) electrons. The summed E-state index contributed by atoms with van der Waals surface area (Å²) in [5.74, 6) is -0.609. The van der Waals surface area contributed by atoms with Crippen molar-refractivity contribution < 1.29 is 23.0 Å². The van der Waals surface area contributed by atoms with Crippen LogP contribution in [-0.4, -0.2) is 49.8 Å². The third-order valence-electron chi connectivity index (χ3n) is 4.55. The summed E-state index contributed by atoms with van der Waals surface area (Å²) in [6, 6.07) is 9.10.